The first-order valence-corrected chi connectivity index (χ1v) is 8.93. The van der Waals surface area contributed by atoms with Gasteiger partial charge in [0.05, 0.1) is 18.7 Å². The molecule has 0 fully saturated rings. The maximum Gasteiger partial charge on any atom is 0.422 e. The third kappa shape index (κ3) is 6.50. The first kappa shape index (κ1) is 22.8. The molecule has 1 aromatic heterocycles. The highest BCUT2D eigenvalue weighted by Crippen LogP contribution is 2.28. The van der Waals surface area contributed by atoms with Crippen molar-refractivity contribution in [2.45, 2.75) is 12.2 Å². The topological polar surface area (TPSA) is 63.7 Å². The van der Waals surface area contributed by atoms with Gasteiger partial charge in [0.25, 0.3) is 5.91 Å². The number of rotatable bonds is 8. The average molecular weight is 432 g/mol. The number of pyridine rings is 1. The van der Waals surface area contributed by atoms with E-state index in [-0.39, 0.29) is 29.1 Å². The minimum Gasteiger partial charge on any atom is -0.496 e. The minimum atomic E-state index is -4.51. The molecule has 0 saturated heterocycles. The summed E-state index contributed by atoms with van der Waals surface area (Å²) in [6, 6.07) is 8.50. The number of halogens is 4. The number of hydrogen-bond donors (Lipinski definition) is 1. The number of likely N-dealkylation sites (N-methyl/N-ethyl adjacent to an activating group) is 1. The van der Waals surface area contributed by atoms with Crippen molar-refractivity contribution in [2.75, 3.05) is 34.4 Å². The molecule has 2 aromatic rings. The lowest BCUT2D eigenvalue weighted by atomic mass is 10.0. The van der Waals surface area contributed by atoms with E-state index in [1.54, 1.807) is 7.11 Å². The summed E-state index contributed by atoms with van der Waals surface area (Å²) in [6.07, 6.45) is -3.40. The van der Waals surface area contributed by atoms with Crippen molar-refractivity contribution in [1.82, 2.24) is 15.2 Å². The number of hydrogen-bond acceptors (Lipinski definition) is 5. The predicted molar refractivity (Wildman–Crippen MR) is 103 cm³/mol. The third-order valence-corrected chi connectivity index (χ3v) is 4.29. The summed E-state index contributed by atoms with van der Waals surface area (Å²) in [5.41, 5.74) is 0.999. The van der Waals surface area contributed by atoms with Gasteiger partial charge in [-0.1, -0.05) is 29.8 Å². The smallest absolute Gasteiger partial charge is 0.422 e. The third-order valence-electron chi connectivity index (χ3n) is 4.02. The zero-order chi connectivity index (χ0) is 21.6. The Hall–Kier alpha value is -2.52. The maximum absolute atomic E-state index is 12.5. The molecule has 0 radical (unpaired) electrons. The highest BCUT2D eigenvalue weighted by atomic mass is 35.5. The van der Waals surface area contributed by atoms with E-state index in [2.05, 4.69) is 15.0 Å². The van der Waals surface area contributed by atoms with Gasteiger partial charge in [-0.15, -0.1) is 0 Å². The van der Waals surface area contributed by atoms with Crippen LogP contribution in [0.25, 0.3) is 0 Å². The van der Waals surface area contributed by atoms with Crippen LogP contribution in [0, 0.1) is 0 Å². The van der Waals surface area contributed by atoms with Gasteiger partial charge in [0.2, 0.25) is 5.88 Å². The van der Waals surface area contributed by atoms with Crippen LogP contribution in [0.2, 0.25) is 5.02 Å². The van der Waals surface area contributed by atoms with Gasteiger partial charge in [0, 0.05) is 18.3 Å². The number of methoxy groups -OCH3 is 1. The van der Waals surface area contributed by atoms with Crippen LogP contribution < -0.4 is 14.8 Å². The molecule has 1 aromatic carbocycles. The van der Waals surface area contributed by atoms with E-state index in [1.165, 1.54) is 6.07 Å². The molecule has 0 aliphatic rings. The zero-order valence-electron chi connectivity index (χ0n) is 16.1. The van der Waals surface area contributed by atoms with Crippen LogP contribution in [-0.2, 0) is 0 Å². The second-order valence-corrected chi connectivity index (χ2v) is 6.75. The van der Waals surface area contributed by atoms with Crippen molar-refractivity contribution in [3.05, 3.63) is 52.7 Å². The van der Waals surface area contributed by atoms with Crippen molar-refractivity contribution in [1.29, 1.82) is 0 Å². The fourth-order valence-corrected chi connectivity index (χ4v) is 2.83. The standard InChI is InChI=1S/C19H21ClF3N3O3/c1-26(2)15(13-6-4-5-7-16(13)28-3)10-24-17(27)12-8-14(20)18(25-9-12)29-11-19(21,22)23/h4-9,15H,10-11H2,1-3H3,(H,24,27). The number of nitrogens with zero attached hydrogens (tertiary/aromatic N) is 2. The van der Waals surface area contributed by atoms with Gasteiger partial charge < -0.3 is 19.7 Å². The Morgan fingerprint density at radius 3 is 2.59 bits per heavy atom. The van der Waals surface area contributed by atoms with E-state index in [0.717, 1.165) is 11.8 Å². The molecule has 6 nitrogen and oxygen atoms in total. The monoisotopic (exact) mass is 431 g/mol. The Morgan fingerprint density at radius 1 is 1.31 bits per heavy atom. The molecular formula is C19H21ClF3N3O3. The van der Waals surface area contributed by atoms with Crippen LogP contribution in [0.3, 0.4) is 0 Å². The Bertz CT molecular complexity index is 847. The van der Waals surface area contributed by atoms with Gasteiger partial charge in [0.1, 0.15) is 10.8 Å². The first-order chi connectivity index (χ1) is 13.6. The molecule has 1 N–H and O–H groups in total. The number of benzene rings is 1. The lowest BCUT2D eigenvalue weighted by Gasteiger charge is -2.26. The Morgan fingerprint density at radius 2 is 2.00 bits per heavy atom. The van der Waals surface area contributed by atoms with E-state index >= 15 is 0 Å². The number of amides is 1. The van der Waals surface area contributed by atoms with Gasteiger partial charge in [0.15, 0.2) is 6.61 Å². The Labute approximate surface area is 171 Å². The van der Waals surface area contributed by atoms with Crippen LogP contribution in [0.15, 0.2) is 36.5 Å². The van der Waals surface area contributed by atoms with Gasteiger partial charge in [-0.25, -0.2) is 4.98 Å². The molecule has 0 saturated carbocycles. The summed E-state index contributed by atoms with van der Waals surface area (Å²) in [6.45, 7) is -1.26. The summed E-state index contributed by atoms with van der Waals surface area (Å²) in [5, 5.41) is 2.59. The fraction of sp³-hybridized carbons (Fsp3) is 0.368. The van der Waals surface area contributed by atoms with Crippen LogP contribution in [0.4, 0.5) is 13.2 Å². The van der Waals surface area contributed by atoms with Crippen molar-refractivity contribution < 1.29 is 27.4 Å². The van der Waals surface area contributed by atoms with Crippen molar-refractivity contribution in [3.8, 4) is 11.6 Å². The fourth-order valence-electron chi connectivity index (χ4n) is 2.61. The van der Waals surface area contributed by atoms with Crippen molar-refractivity contribution in [2.24, 2.45) is 0 Å². The maximum atomic E-state index is 12.5. The summed E-state index contributed by atoms with van der Waals surface area (Å²) < 4.78 is 46.6. The summed E-state index contributed by atoms with van der Waals surface area (Å²) in [4.78, 5) is 18.1. The molecule has 0 aliphatic heterocycles. The van der Waals surface area contributed by atoms with Crippen molar-refractivity contribution >= 4 is 17.5 Å². The normalized spacial score (nSPS) is 12.6. The van der Waals surface area contributed by atoms with Gasteiger partial charge in [-0.05, 0) is 26.2 Å². The molecule has 158 valence electrons. The molecule has 29 heavy (non-hydrogen) atoms. The SMILES string of the molecule is COc1ccccc1C(CNC(=O)c1cnc(OCC(F)(F)F)c(Cl)c1)N(C)C. The number of para-hydroxylation sites is 1. The second-order valence-electron chi connectivity index (χ2n) is 6.35. The van der Waals surface area contributed by atoms with E-state index in [4.69, 9.17) is 16.3 Å². The molecule has 0 spiro atoms. The summed E-state index contributed by atoms with van der Waals surface area (Å²) in [7, 11) is 5.31. The number of aromatic nitrogens is 1. The molecular weight excluding hydrogens is 411 g/mol. The summed E-state index contributed by atoms with van der Waals surface area (Å²) >= 11 is 5.89. The van der Waals surface area contributed by atoms with Crippen molar-refractivity contribution in [3.63, 3.8) is 0 Å². The Kier molecular flexibility index (Phi) is 7.69. The van der Waals surface area contributed by atoms with E-state index in [0.29, 0.717) is 5.75 Å². The quantitative estimate of drug-likeness (QED) is 0.690. The van der Waals surface area contributed by atoms with E-state index in [1.807, 2.05) is 43.3 Å². The van der Waals surface area contributed by atoms with Crippen LogP contribution in [0.5, 0.6) is 11.6 Å². The molecule has 0 bridgehead atoms. The molecule has 0 aliphatic carbocycles. The van der Waals surface area contributed by atoms with Crippen LogP contribution >= 0.6 is 11.6 Å². The average Bonchev–Trinajstić information content (AvgIpc) is 2.66. The second kappa shape index (κ2) is 9.80. The lowest BCUT2D eigenvalue weighted by Crippen LogP contribution is -2.34. The number of alkyl halides is 3. The molecule has 1 heterocycles. The van der Waals surface area contributed by atoms with Gasteiger partial charge >= 0.3 is 6.18 Å². The molecule has 1 amide bonds. The lowest BCUT2D eigenvalue weighted by molar-refractivity contribution is -0.154. The molecule has 2 rings (SSSR count). The number of ether oxygens (including phenoxy) is 2. The van der Waals surface area contributed by atoms with Gasteiger partial charge in [-0.2, -0.15) is 13.2 Å². The number of carbonyl (C=O) groups is 1. The summed E-state index contributed by atoms with van der Waals surface area (Å²) in [5.74, 6) is -0.166. The largest absolute Gasteiger partial charge is 0.496 e. The van der Waals surface area contributed by atoms with E-state index < -0.39 is 18.7 Å². The minimum absolute atomic E-state index is 0.104. The van der Waals surface area contributed by atoms with Gasteiger partial charge in [-0.3, -0.25) is 4.79 Å². The van der Waals surface area contributed by atoms with Crippen LogP contribution in [0.1, 0.15) is 22.0 Å². The first-order valence-electron chi connectivity index (χ1n) is 8.55. The number of nitrogens with one attached hydrogen (secondary N) is 1. The molecule has 1 atom stereocenters. The Balaban J connectivity index is 2.08. The predicted octanol–water partition coefficient (Wildman–Crippen LogP) is 3.72. The zero-order valence-corrected chi connectivity index (χ0v) is 16.8. The highest BCUT2D eigenvalue weighted by Gasteiger charge is 2.29. The van der Waals surface area contributed by atoms with Crippen LogP contribution in [-0.4, -0.2) is 56.3 Å². The number of carbonyl (C=O) groups excluding carboxylic acids is 1. The molecule has 1 unspecified atom stereocenters. The highest BCUT2D eigenvalue weighted by molar-refractivity contribution is 6.32. The van der Waals surface area contributed by atoms with E-state index in [9.17, 15) is 18.0 Å². The molecule has 10 heteroatoms.